The van der Waals surface area contributed by atoms with E-state index in [1.807, 2.05) is 12.1 Å². The van der Waals surface area contributed by atoms with Gasteiger partial charge in [0.05, 0.1) is 0 Å². The first kappa shape index (κ1) is 30.5. The van der Waals surface area contributed by atoms with E-state index in [1.54, 1.807) is 0 Å². The third-order valence-electron chi connectivity index (χ3n) is 5.94. The highest BCUT2D eigenvalue weighted by atomic mass is 14.5. The summed E-state index contributed by atoms with van der Waals surface area (Å²) in [4.78, 5) is 0. The Bertz CT molecular complexity index is 531. The summed E-state index contributed by atoms with van der Waals surface area (Å²) < 4.78 is 0. The van der Waals surface area contributed by atoms with Crippen molar-refractivity contribution in [1.29, 1.82) is 0 Å². The van der Waals surface area contributed by atoms with Gasteiger partial charge in [-0.05, 0) is 24.1 Å². The first-order chi connectivity index (χ1) is 15.4. The molecule has 177 valence electrons. The summed E-state index contributed by atoms with van der Waals surface area (Å²) in [6.45, 7) is 3.16. The molecule has 0 fully saturated rings. The van der Waals surface area contributed by atoms with Gasteiger partial charge in [-0.1, -0.05) is 164 Å². The van der Waals surface area contributed by atoms with Crippen molar-refractivity contribution in [2.24, 2.45) is 5.73 Å². The molecule has 0 saturated carbocycles. The van der Waals surface area contributed by atoms with Crippen molar-refractivity contribution < 1.29 is 0 Å². The Kier molecular flexibility index (Phi) is 23.0. The Balaban J connectivity index is 0.000000631. The summed E-state index contributed by atoms with van der Waals surface area (Å²) in [6.07, 6.45) is 22.9. The van der Waals surface area contributed by atoms with E-state index in [2.05, 4.69) is 55.5 Å². The smallest absolute Gasteiger partial charge is 0 e. The largest absolute Gasteiger partial charge is 0.330 e. The highest BCUT2D eigenvalue weighted by molar-refractivity contribution is 5.75. The molecule has 0 spiro atoms. The molecule has 0 heterocycles. The fourth-order valence-corrected chi connectivity index (χ4v) is 3.95. The molecule has 0 atom stereocenters. The Morgan fingerprint density at radius 3 is 1.00 bits per heavy atom. The van der Waals surface area contributed by atoms with Gasteiger partial charge in [-0.2, -0.15) is 0 Å². The van der Waals surface area contributed by atoms with Gasteiger partial charge in [-0.25, -0.2) is 0 Å². The van der Waals surface area contributed by atoms with E-state index >= 15 is 0 Å². The van der Waals surface area contributed by atoms with Crippen LogP contribution in [0.4, 0.5) is 0 Å². The predicted molar refractivity (Wildman–Crippen MR) is 146 cm³/mol. The van der Waals surface area contributed by atoms with Crippen LogP contribution in [0.15, 0.2) is 60.7 Å². The van der Waals surface area contributed by atoms with Gasteiger partial charge < -0.3 is 5.73 Å². The van der Waals surface area contributed by atoms with Gasteiger partial charge in [0.15, 0.2) is 0 Å². The Morgan fingerprint density at radius 2 is 0.719 bits per heavy atom. The van der Waals surface area contributed by atoms with Crippen LogP contribution in [0, 0.1) is 0 Å². The standard InChI is InChI=1S/C18H39N.C12H10.B/c1-2-3-4-5-6-7-8-9-10-11-12-13-14-15-16-17-18-19;1-3-7-11(8-4-1)12-9-5-2-6-10-12;/h2-19H2,1H3;1-10H;. The average Bonchev–Trinajstić information content (AvgIpc) is 2.83. The van der Waals surface area contributed by atoms with Crippen molar-refractivity contribution in [3.63, 3.8) is 0 Å². The molecule has 3 radical (unpaired) electrons. The fraction of sp³-hybridized carbons (Fsp3) is 0.600. The van der Waals surface area contributed by atoms with Gasteiger partial charge in [0.2, 0.25) is 0 Å². The zero-order chi connectivity index (χ0) is 22.2. The molecule has 2 aromatic rings. The molecule has 0 aliphatic heterocycles. The van der Waals surface area contributed by atoms with Gasteiger partial charge >= 0.3 is 0 Å². The van der Waals surface area contributed by atoms with Crippen LogP contribution in [0.25, 0.3) is 11.1 Å². The topological polar surface area (TPSA) is 26.0 Å². The Hall–Kier alpha value is -1.54. The van der Waals surface area contributed by atoms with E-state index in [1.165, 1.54) is 114 Å². The minimum atomic E-state index is 0. The van der Waals surface area contributed by atoms with Crippen LogP contribution in [0.5, 0.6) is 0 Å². The zero-order valence-electron chi connectivity index (χ0n) is 20.9. The summed E-state index contributed by atoms with van der Waals surface area (Å²) in [5.41, 5.74) is 8.03. The van der Waals surface area contributed by atoms with Crippen molar-refractivity contribution >= 4 is 8.41 Å². The molecular weight excluding hydrogens is 385 g/mol. The van der Waals surface area contributed by atoms with Crippen LogP contribution >= 0.6 is 0 Å². The van der Waals surface area contributed by atoms with E-state index in [4.69, 9.17) is 5.73 Å². The number of unbranched alkanes of at least 4 members (excludes halogenated alkanes) is 15. The van der Waals surface area contributed by atoms with Crippen molar-refractivity contribution in [1.82, 2.24) is 0 Å². The molecule has 2 heteroatoms. The van der Waals surface area contributed by atoms with Gasteiger partial charge in [-0.15, -0.1) is 0 Å². The van der Waals surface area contributed by atoms with E-state index in [9.17, 15) is 0 Å². The summed E-state index contributed by atoms with van der Waals surface area (Å²) in [7, 11) is 0. The van der Waals surface area contributed by atoms with Gasteiger partial charge in [0.1, 0.15) is 0 Å². The number of benzene rings is 2. The van der Waals surface area contributed by atoms with E-state index < -0.39 is 0 Å². The van der Waals surface area contributed by atoms with Crippen molar-refractivity contribution in [2.75, 3.05) is 6.54 Å². The Morgan fingerprint density at radius 1 is 0.438 bits per heavy atom. The molecule has 2 rings (SSSR count). The summed E-state index contributed by atoms with van der Waals surface area (Å²) >= 11 is 0. The zero-order valence-corrected chi connectivity index (χ0v) is 20.9. The van der Waals surface area contributed by atoms with Gasteiger partial charge in [0, 0.05) is 8.41 Å². The summed E-state index contributed by atoms with van der Waals surface area (Å²) in [6, 6.07) is 20.8. The third kappa shape index (κ3) is 18.1. The molecule has 0 aliphatic rings. The molecule has 32 heavy (non-hydrogen) atoms. The maximum atomic E-state index is 5.48. The van der Waals surface area contributed by atoms with Crippen molar-refractivity contribution in [2.45, 2.75) is 110 Å². The normalized spacial score (nSPS) is 10.2. The molecule has 0 amide bonds. The number of hydrogen-bond acceptors (Lipinski definition) is 1. The summed E-state index contributed by atoms with van der Waals surface area (Å²) in [5.74, 6) is 0. The minimum absolute atomic E-state index is 0. The molecule has 1 nitrogen and oxygen atoms in total. The van der Waals surface area contributed by atoms with E-state index in [-0.39, 0.29) is 8.41 Å². The van der Waals surface area contributed by atoms with Crippen LogP contribution in [0.3, 0.4) is 0 Å². The highest BCUT2D eigenvalue weighted by Gasteiger charge is 1.94. The lowest BCUT2D eigenvalue weighted by molar-refractivity contribution is 0.530. The monoisotopic (exact) mass is 434 g/mol. The quantitative estimate of drug-likeness (QED) is 0.195. The van der Waals surface area contributed by atoms with Gasteiger partial charge in [-0.3, -0.25) is 0 Å². The fourth-order valence-electron chi connectivity index (χ4n) is 3.95. The molecule has 0 unspecified atom stereocenters. The highest BCUT2D eigenvalue weighted by Crippen LogP contribution is 2.17. The van der Waals surface area contributed by atoms with E-state index in [0.717, 1.165) is 6.54 Å². The van der Waals surface area contributed by atoms with Crippen LogP contribution in [-0.2, 0) is 0 Å². The SMILES string of the molecule is CCCCCCCCCCCCCCCCCCN.[B].c1ccc(-c2ccccc2)cc1. The second kappa shape index (κ2) is 24.1. The second-order valence-corrected chi connectivity index (χ2v) is 8.82. The van der Waals surface area contributed by atoms with Crippen LogP contribution in [0.1, 0.15) is 110 Å². The molecule has 0 aromatic heterocycles. The lowest BCUT2D eigenvalue weighted by atomic mass is 10.0. The number of hydrogen-bond donors (Lipinski definition) is 1. The third-order valence-corrected chi connectivity index (χ3v) is 5.94. The van der Waals surface area contributed by atoms with E-state index in [0.29, 0.717) is 0 Å². The molecular formula is C30H49BN. The maximum absolute atomic E-state index is 5.48. The van der Waals surface area contributed by atoms with Crippen LogP contribution < -0.4 is 5.73 Å². The molecule has 0 aliphatic carbocycles. The van der Waals surface area contributed by atoms with Crippen LogP contribution in [-0.4, -0.2) is 15.0 Å². The molecule has 0 saturated heterocycles. The maximum Gasteiger partial charge on any atom is 0 e. The predicted octanol–water partition coefficient (Wildman–Crippen LogP) is 9.18. The first-order valence-corrected chi connectivity index (χ1v) is 13.2. The number of rotatable bonds is 17. The minimum Gasteiger partial charge on any atom is -0.330 e. The lowest BCUT2D eigenvalue weighted by Crippen LogP contribution is -1.97. The second-order valence-electron chi connectivity index (χ2n) is 8.82. The lowest BCUT2D eigenvalue weighted by Gasteiger charge is -2.03. The van der Waals surface area contributed by atoms with Crippen molar-refractivity contribution in [3.05, 3.63) is 60.7 Å². The summed E-state index contributed by atoms with van der Waals surface area (Å²) in [5, 5.41) is 0. The molecule has 2 aromatic carbocycles. The number of nitrogens with two attached hydrogens (primary N) is 1. The van der Waals surface area contributed by atoms with Gasteiger partial charge in [0.25, 0.3) is 0 Å². The van der Waals surface area contributed by atoms with Crippen molar-refractivity contribution in [3.8, 4) is 11.1 Å². The van der Waals surface area contributed by atoms with Crippen LogP contribution in [0.2, 0.25) is 0 Å². The first-order valence-electron chi connectivity index (χ1n) is 13.2. The Labute approximate surface area is 202 Å². The molecule has 2 N–H and O–H groups in total. The molecule has 0 bridgehead atoms. The average molecular weight is 435 g/mol.